The van der Waals surface area contributed by atoms with Crippen LogP contribution in [0.25, 0.3) is 0 Å². The molecule has 0 amide bonds. The summed E-state index contributed by atoms with van der Waals surface area (Å²) >= 11 is 1.32. The first kappa shape index (κ1) is 23.3. The minimum atomic E-state index is -0.340. The van der Waals surface area contributed by atoms with Crippen molar-refractivity contribution in [2.24, 2.45) is 4.99 Å². The monoisotopic (exact) mass is 508 g/mol. The van der Waals surface area contributed by atoms with Gasteiger partial charge in [-0.05, 0) is 34.6 Å². The number of thiazole rings is 1. The largest absolute Gasteiger partial charge is 0.462 e. The van der Waals surface area contributed by atoms with Crippen LogP contribution >= 0.6 is 35.3 Å². The van der Waals surface area contributed by atoms with Crippen molar-refractivity contribution >= 4 is 47.2 Å². The molecule has 2 N–H and O–H groups in total. The minimum Gasteiger partial charge on any atom is -0.462 e. The predicted octanol–water partition coefficient (Wildman–Crippen LogP) is 2.75. The number of nitrogens with one attached hydrogen (secondary N) is 2. The van der Waals surface area contributed by atoms with E-state index in [9.17, 15) is 4.79 Å². The molecule has 150 valence electrons. The highest BCUT2D eigenvalue weighted by molar-refractivity contribution is 14.0. The van der Waals surface area contributed by atoms with Crippen LogP contribution in [0.15, 0.2) is 9.52 Å². The summed E-state index contributed by atoms with van der Waals surface area (Å²) in [5, 5.41) is 11.0. The van der Waals surface area contributed by atoms with Crippen molar-refractivity contribution in [3.63, 3.8) is 0 Å². The van der Waals surface area contributed by atoms with Gasteiger partial charge in [-0.1, -0.05) is 5.16 Å². The molecule has 0 saturated heterocycles. The molecular formula is C16H25IN6O3S. The molecule has 0 saturated carbocycles. The number of ether oxygens (including phenoxy) is 1. The van der Waals surface area contributed by atoms with Crippen LogP contribution in [0.1, 0.15) is 58.9 Å². The number of aliphatic imine (C=N–C) groups is 1. The fraction of sp³-hybridized carbons (Fsp3) is 0.562. The molecule has 0 radical (unpaired) electrons. The quantitative estimate of drug-likeness (QED) is 0.254. The van der Waals surface area contributed by atoms with Gasteiger partial charge in [-0.15, -0.1) is 35.3 Å². The third-order valence-electron chi connectivity index (χ3n) is 3.28. The first-order valence-electron chi connectivity index (χ1n) is 8.43. The molecule has 1 unspecified atom stereocenters. The Bertz CT molecular complexity index is 776. The number of guanidine groups is 1. The number of aromatic nitrogens is 3. The summed E-state index contributed by atoms with van der Waals surface area (Å²) in [5.74, 6) is 1.28. The molecule has 1 atom stereocenters. The summed E-state index contributed by atoms with van der Waals surface area (Å²) < 4.78 is 10.1. The molecule has 9 nitrogen and oxygen atoms in total. The van der Waals surface area contributed by atoms with Gasteiger partial charge in [0.2, 0.25) is 5.89 Å². The van der Waals surface area contributed by atoms with Crippen LogP contribution in [-0.2, 0) is 11.3 Å². The maximum Gasteiger partial charge on any atom is 0.350 e. The maximum atomic E-state index is 12.0. The van der Waals surface area contributed by atoms with E-state index in [1.54, 1.807) is 20.8 Å². The van der Waals surface area contributed by atoms with E-state index in [1.807, 2.05) is 13.8 Å². The van der Waals surface area contributed by atoms with E-state index < -0.39 is 0 Å². The summed E-state index contributed by atoms with van der Waals surface area (Å²) in [7, 11) is 0. The molecule has 2 aromatic heterocycles. The van der Waals surface area contributed by atoms with E-state index in [4.69, 9.17) is 9.26 Å². The molecule has 27 heavy (non-hydrogen) atoms. The van der Waals surface area contributed by atoms with Crippen molar-refractivity contribution in [1.82, 2.24) is 25.8 Å². The number of carbonyl (C=O) groups is 1. The van der Waals surface area contributed by atoms with E-state index in [2.05, 4.69) is 30.8 Å². The number of hydrogen-bond acceptors (Lipinski definition) is 8. The summed E-state index contributed by atoms with van der Waals surface area (Å²) in [6.45, 7) is 10.6. The van der Waals surface area contributed by atoms with Crippen LogP contribution < -0.4 is 10.6 Å². The summed E-state index contributed by atoms with van der Waals surface area (Å²) in [6, 6.07) is -0.135. The molecule has 0 aliphatic heterocycles. The smallest absolute Gasteiger partial charge is 0.350 e. The molecule has 0 bridgehead atoms. The van der Waals surface area contributed by atoms with Crippen LogP contribution in [0.2, 0.25) is 0 Å². The van der Waals surface area contributed by atoms with Crippen molar-refractivity contribution in [3.8, 4) is 0 Å². The molecular weight excluding hydrogens is 483 g/mol. The Morgan fingerprint density at radius 3 is 2.67 bits per heavy atom. The van der Waals surface area contributed by atoms with Crippen LogP contribution in [0.3, 0.4) is 0 Å². The topological polar surface area (TPSA) is 115 Å². The Labute approximate surface area is 179 Å². The van der Waals surface area contributed by atoms with Crippen molar-refractivity contribution in [3.05, 3.63) is 27.3 Å². The van der Waals surface area contributed by atoms with Crippen molar-refractivity contribution in [2.75, 3.05) is 13.2 Å². The van der Waals surface area contributed by atoms with Crippen LogP contribution in [0.4, 0.5) is 0 Å². The third-order valence-corrected chi connectivity index (χ3v) is 4.60. The minimum absolute atomic E-state index is 0. The molecule has 2 heterocycles. The van der Waals surface area contributed by atoms with Crippen LogP contribution in [0.5, 0.6) is 0 Å². The van der Waals surface area contributed by atoms with Gasteiger partial charge in [0.1, 0.15) is 16.4 Å². The first-order chi connectivity index (χ1) is 12.4. The number of carbonyl (C=O) groups excluding carboxylic acids is 1. The highest BCUT2D eigenvalue weighted by Crippen LogP contribution is 2.24. The molecule has 0 fully saturated rings. The lowest BCUT2D eigenvalue weighted by atomic mass is 10.3. The Balaban J connectivity index is 0.00000364. The van der Waals surface area contributed by atoms with E-state index in [0.29, 0.717) is 41.4 Å². The summed E-state index contributed by atoms with van der Waals surface area (Å²) in [5.41, 5.74) is 0.667. The highest BCUT2D eigenvalue weighted by Gasteiger charge is 2.20. The van der Waals surface area contributed by atoms with E-state index in [0.717, 1.165) is 5.01 Å². The van der Waals surface area contributed by atoms with Crippen LogP contribution in [0, 0.1) is 13.8 Å². The number of hydrogen-bond donors (Lipinski definition) is 2. The normalized spacial score (nSPS) is 12.3. The number of halogens is 1. The van der Waals surface area contributed by atoms with Gasteiger partial charge in [0.05, 0.1) is 18.3 Å². The van der Waals surface area contributed by atoms with E-state index >= 15 is 0 Å². The number of esters is 1. The van der Waals surface area contributed by atoms with E-state index in [1.165, 1.54) is 11.3 Å². The summed E-state index contributed by atoms with van der Waals surface area (Å²) in [6.07, 6.45) is 0. The second-order valence-electron chi connectivity index (χ2n) is 5.48. The Morgan fingerprint density at radius 2 is 2.07 bits per heavy atom. The zero-order chi connectivity index (χ0) is 19.1. The van der Waals surface area contributed by atoms with Gasteiger partial charge in [0, 0.05) is 6.54 Å². The van der Waals surface area contributed by atoms with Gasteiger partial charge >= 0.3 is 5.97 Å². The lowest BCUT2D eigenvalue weighted by Crippen LogP contribution is -2.38. The van der Waals surface area contributed by atoms with Crippen molar-refractivity contribution < 1.29 is 14.1 Å². The standard InChI is InChI=1S/C16H24N6O3S.HI/c1-6-17-16(18-8-12-21-11(5)22-25-12)20-10(4)14-19-9(3)13(26-14)15(23)24-7-2;/h10H,6-8H2,1-5H3,(H2,17,18,20);1H. The van der Waals surface area contributed by atoms with Gasteiger partial charge in [-0.2, -0.15) is 4.98 Å². The maximum absolute atomic E-state index is 12.0. The van der Waals surface area contributed by atoms with Gasteiger partial charge < -0.3 is 19.9 Å². The van der Waals surface area contributed by atoms with Gasteiger partial charge in [-0.3, -0.25) is 0 Å². The highest BCUT2D eigenvalue weighted by atomic mass is 127. The van der Waals surface area contributed by atoms with Crippen molar-refractivity contribution in [1.29, 1.82) is 0 Å². The Kier molecular flexibility index (Phi) is 9.63. The second-order valence-corrected chi connectivity index (χ2v) is 6.51. The second kappa shape index (κ2) is 11.2. The van der Waals surface area contributed by atoms with Gasteiger partial charge in [0.15, 0.2) is 11.8 Å². The molecule has 11 heteroatoms. The zero-order valence-electron chi connectivity index (χ0n) is 16.0. The summed E-state index contributed by atoms with van der Waals surface area (Å²) in [4.78, 5) is 25.5. The fourth-order valence-corrected chi connectivity index (χ4v) is 3.09. The molecule has 0 aliphatic rings. The number of nitrogens with zero attached hydrogens (tertiary/aromatic N) is 4. The van der Waals surface area contributed by atoms with E-state index in [-0.39, 0.29) is 42.5 Å². The molecule has 2 aromatic rings. The Hall–Kier alpha value is -1.76. The van der Waals surface area contributed by atoms with Gasteiger partial charge in [-0.25, -0.2) is 14.8 Å². The lowest BCUT2D eigenvalue weighted by Gasteiger charge is -2.15. The Morgan fingerprint density at radius 1 is 1.33 bits per heavy atom. The molecule has 2 rings (SSSR count). The van der Waals surface area contributed by atoms with Crippen molar-refractivity contribution in [2.45, 2.75) is 47.2 Å². The van der Waals surface area contributed by atoms with Gasteiger partial charge in [0.25, 0.3) is 0 Å². The fourth-order valence-electron chi connectivity index (χ4n) is 2.13. The molecule has 0 spiro atoms. The zero-order valence-corrected chi connectivity index (χ0v) is 19.2. The van der Waals surface area contributed by atoms with Crippen LogP contribution in [-0.4, -0.2) is 40.2 Å². The number of aryl methyl sites for hydroxylation is 2. The molecule has 0 aliphatic carbocycles. The first-order valence-corrected chi connectivity index (χ1v) is 9.24. The average molecular weight is 508 g/mol. The molecule has 0 aromatic carbocycles. The average Bonchev–Trinajstić information content (AvgIpc) is 3.19. The number of rotatable bonds is 7. The third kappa shape index (κ3) is 6.72. The lowest BCUT2D eigenvalue weighted by molar-refractivity contribution is 0.0531. The predicted molar refractivity (Wildman–Crippen MR) is 114 cm³/mol. The SMILES string of the molecule is CCNC(=NCc1nc(C)no1)NC(C)c1nc(C)c(C(=O)OCC)s1.I.